The summed E-state index contributed by atoms with van der Waals surface area (Å²) in [6.07, 6.45) is 5.02. The van der Waals surface area contributed by atoms with Crippen LogP contribution in [0.25, 0.3) is 0 Å². The summed E-state index contributed by atoms with van der Waals surface area (Å²) < 4.78 is 0. The van der Waals surface area contributed by atoms with Crippen molar-refractivity contribution in [3.05, 3.63) is 0 Å². The first-order valence-electron chi connectivity index (χ1n) is 4.64. The lowest BCUT2D eigenvalue weighted by atomic mass is 9.75. The molecule has 0 aliphatic heterocycles. The molecule has 1 heteroatoms. The van der Waals surface area contributed by atoms with Crippen LogP contribution in [0.15, 0.2) is 0 Å². The molecule has 2 bridgehead atoms. The molecule has 2 aliphatic carbocycles. The van der Waals surface area contributed by atoms with E-state index in [1.165, 1.54) is 19.1 Å². The molecule has 0 aromatic carbocycles. The number of rotatable bonds is 1. The normalized spacial score (nSPS) is 54.9. The van der Waals surface area contributed by atoms with Crippen molar-refractivity contribution >= 4 is 6.29 Å². The molecule has 2 rings (SSSR count). The lowest BCUT2D eigenvalue weighted by Crippen LogP contribution is -2.26. The van der Waals surface area contributed by atoms with Crippen molar-refractivity contribution in [1.29, 1.82) is 0 Å². The average Bonchev–Trinajstić information content (AvgIpc) is 2.44. The number of carbonyl (C=O) groups excluding carboxylic acids is 1. The molecule has 0 N–H and O–H groups in total. The second-order valence-electron chi connectivity index (χ2n) is 4.63. The second-order valence-corrected chi connectivity index (χ2v) is 4.63. The van der Waals surface area contributed by atoms with E-state index < -0.39 is 0 Å². The van der Waals surface area contributed by atoms with E-state index in [4.69, 9.17) is 0 Å². The molecule has 0 unspecified atom stereocenters. The van der Waals surface area contributed by atoms with Crippen molar-refractivity contribution in [2.45, 2.75) is 33.1 Å². The highest BCUT2D eigenvalue weighted by molar-refractivity contribution is 5.60. The van der Waals surface area contributed by atoms with E-state index in [1.54, 1.807) is 0 Å². The number of fused-ring (bicyclic) bond motifs is 2. The molecule has 0 aromatic heterocycles. The number of aldehydes is 1. The van der Waals surface area contributed by atoms with E-state index in [9.17, 15) is 4.79 Å². The van der Waals surface area contributed by atoms with E-state index in [2.05, 4.69) is 13.8 Å². The van der Waals surface area contributed by atoms with Gasteiger partial charge in [-0.25, -0.2) is 0 Å². The minimum atomic E-state index is 0.0440. The van der Waals surface area contributed by atoms with Crippen LogP contribution in [-0.2, 0) is 4.79 Å². The summed E-state index contributed by atoms with van der Waals surface area (Å²) in [5, 5.41) is 0. The molecule has 0 heterocycles. The molecule has 0 saturated heterocycles. The molecule has 11 heavy (non-hydrogen) atoms. The predicted octanol–water partition coefficient (Wildman–Crippen LogP) is 2.26. The van der Waals surface area contributed by atoms with E-state index in [0.29, 0.717) is 5.92 Å². The molecule has 0 amide bonds. The van der Waals surface area contributed by atoms with Gasteiger partial charge >= 0.3 is 0 Å². The average molecular weight is 152 g/mol. The fourth-order valence-electron chi connectivity index (χ4n) is 3.32. The fourth-order valence-corrected chi connectivity index (χ4v) is 3.32. The molecule has 0 spiro atoms. The third-order valence-electron chi connectivity index (χ3n) is 4.05. The maximum Gasteiger partial charge on any atom is 0.126 e. The van der Waals surface area contributed by atoms with Gasteiger partial charge < -0.3 is 4.79 Å². The van der Waals surface area contributed by atoms with Gasteiger partial charge in [0.15, 0.2) is 0 Å². The third-order valence-corrected chi connectivity index (χ3v) is 4.05. The Hall–Kier alpha value is -0.330. The van der Waals surface area contributed by atoms with Crippen LogP contribution in [-0.4, -0.2) is 6.29 Å². The number of carbonyl (C=O) groups is 1. The maximum atomic E-state index is 10.9. The molecular weight excluding hydrogens is 136 g/mol. The SMILES string of the molecule is C[C@@H]1[C@@H]2CC[C@H]1[C@](C)(C=O)C2. The Labute approximate surface area is 68.2 Å². The van der Waals surface area contributed by atoms with Gasteiger partial charge in [-0.2, -0.15) is 0 Å². The topological polar surface area (TPSA) is 17.1 Å². The summed E-state index contributed by atoms with van der Waals surface area (Å²) in [5.41, 5.74) is 0.0440. The fraction of sp³-hybridized carbons (Fsp3) is 0.900. The quantitative estimate of drug-likeness (QED) is 0.527. The first kappa shape index (κ1) is 7.33. The highest BCUT2D eigenvalue weighted by Gasteiger charge is 2.52. The zero-order valence-corrected chi connectivity index (χ0v) is 7.34. The van der Waals surface area contributed by atoms with E-state index >= 15 is 0 Å². The van der Waals surface area contributed by atoms with Crippen molar-refractivity contribution in [3.63, 3.8) is 0 Å². The minimum Gasteiger partial charge on any atom is -0.303 e. The summed E-state index contributed by atoms with van der Waals surface area (Å²) in [4.78, 5) is 10.9. The molecule has 1 nitrogen and oxygen atoms in total. The van der Waals surface area contributed by atoms with Crippen molar-refractivity contribution < 1.29 is 4.79 Å². The van der Waals surface area contributed by atoms with Crippen molar-refractivity contribution in [2.75, 3.05) is 0 Å². The van der Waals surface area contributed by atoms with Gasteiger partial charge in [-0.05, 0) is 37.0 Å². The van der Waals surface area contributed by atoms with Crippen LogP contribution < -0.4 is 0 Å². The first-order valence-corrected chi connectivity index (χ1v) is 4.64. The van der Waals surface area contributed by atoms with Gasteiger partial charge in [-0.15, -0.1) is 0 Å². The van der Waals surface area contributed by atoms with Crippen LogP contribution in [0.4, 0.5) is 0 Å². The van der Waals surface area contributed by atoms with Crippen molar-refractivity contribution in [3.8, 4) is 0 Å². The summed E-state index contributed by atoms with van der Waals surface area (Å²) in [6, 6.07) is 0. The summed E-state index contributed by atoms with van der Waals surface area (Å²) >= 11 is 0. The van der Waals surface area contributed by atoms with Crippen LogP contribution in [0.3, 0.4) is 0 Å². The first-order chi connectivity index (χ1) is 5.17. The molecule has 0 radical (unpaired) electrons. The van der Waals surface area contributed by atoms with E-state index in [0.717, 1.165) is 18.3 Å². The Bertz CT molecular complexity index is 187. The van der Waals surface area contributed by atoms with Crippen molar-refractivity contribution in [1.82, 2.24) is 0 Å². The predicted molar refractivity (Wildman–Crippen MR) is 44.2 cm³/mol. The largest absolute Gasteiger partial charge is 0.303 e. The minimum absolute atomic E-state index is 0.0440. The molecule has 2 saturated carbocycles. The van der Waals surface area contributed by atoms with Gasteiger partial charge in [0.1, 0.15) is 6.29 Å². The smallest absolute Gasteiger partial charge is 0.126 e. The number of hydrogen-bond donors (Lipinski definition) is 0. The van der Waals surface area contributed by atoms with Crippen LogP contribution in [0.5, 0.6) is 0 Å². The molecule has 62 valence electrons. The van der Waals surface area contributed by atoms with Crippen LogP contribution in [0.2, 0.25) is 0 Å². The van der Waals surface area contributed by atoms with Gasteiger partial charge in [0.25, 0.3) is 0 Å². The van der Waals surface area contributed by atoms with Crippen LogP contribution >= 0.6 is 0 Å². The zero-order valence-electron chi connectivity index (χ0n) is 7.34. The Morgan fingerprint density at radius 1 is 1.45 bits per heavy atom. The zero-order chi connectivity index (χ0) is 8.06. The Kier molecular flexibility index (Phi) is 1.39. The maximum absolute atomic E-state index is 10.9. The van der Waals surface area contributed by atoms with E-state index in [-0.39, 0.29) is 5.41 Å². The van der Waals surface area contributed by atoms with Gasteiger partial charge in [-0.1, -0.05) is 13.8 Å². The summed E-state index contributed by atoms with van der Waals surface area (Å²) in [6.45, 7) is 4.46. The lowest BCUT2D eigenvalue weighted by molar-refractivity contribution is -0.118. The molecular formula is C10H16O. The molecule has 2 fully saturated rings. The van der Waals surface area contributed by atoms with Gasteiger partial charge in [0.05, 0.1) is 0 Å². The Morgan fingerprint density at radius 2 is 2.18 bits per heavy atom. The van der Waals surface area contributed by atoms with Crippen molar-refractivity contribution in [2.24, 2.45) is 23.2 Å². The Balaban J connectivity index is 2.26. The second kappa shape index (κ2) is 2.09. The van der Waals surface area contributed by atoms with Gasteiger partial charge in [-0.3, -0.25) is 0 Å². The Morgan fingerprint density at radius 3 is 2.45 bits per heavy atom. The highest BCUT2D eigenvalue weighted by Crippen LogP contribution is 2.57. The molecule has 0 aromatic rings. The molecule has 2 aliphatic rings. The standard InChI is InChI=1S/C10H16O/c1-7-8-3-4-9(7)10(2,5-8)6-11/h6-9H,3-5H2,1-2H3/t7-,8-,9-,10+/m1/s1. The third kappa shape index (κ3) is 0.800. The van der Waals surface area contributed by atoms with E-state index in [1.807, 2.05) is 0 Å². The highest BCUT2D eigenvalue weighted by atomic mass is 16.1. The molecule has 4 atom stereocenters. The monoisotopic (exact) mass is 152 g/mol. The number of hydrogen-bond acceptors (Lipinski definition) is 1. The summed E-state index contributed by atoms with van der Waals surface area (Å²) in [5.74, 6) is 2.37. The van der Waals surface area contributed by atoms with Crippen LogP contribution in [0.1, 0.15) is 33.1 Å². The van der Waals surface area contributed by atoms with Crippen LogP contribution in [0, 0.1) is 23.2 Å². The van der Waals surface area contributed by atoms with Gasteiger partial charge in [0.2, 0.25) is 0 Å². The summed E-state index contributed by atoms with van der Waals surface area (Å²) in [7, 11) is 0. The lowest BCUT2D eigenvalue weighted by Gasteiger charge is -2.27. The van der Waals surface area contributed by atoms with Gasteiger partial charge in [0, 0.05) is 5.41 Å².